The predicted octanol–water partition coefficient (Wildman–Crippen LogP) is 2.70. The largest absolute Gasteiger partial charge is 0.481 e. The highest BCUT2D eigenvalue weighted by molar-refractivity contribution is 5.81. The summed E-state index contributed by atoms with van der Waals surface area (Å²) >= 11 is 0. The van der Waals surface area contributed by atoms with Crippen molar-refractivity contribution in [2.24, 2.45) is 5.73 Å². The molecule has 3 atom stereocenters. The maximum atomic E-state index is 11.9. The average Bonchev–Trinajstić information content (AvgIpc) is 2.40. The highest BCUT2D eigenvalue weighted by Gasteiger charge is 2.17. The van der Waals surface area contributed by atoms with Crippen molar-refractivity contribution in [2.75, 3.05) is 0 Å². The number of carbonyl (C=O) groups is 1. The van der Waals surface area contributed by atoms with Crippen molar-refractivity contribution in [3.8, 4) is 5.75 Å². The molecular weight excluding hydrogens is 252 g/mol. The molecule has 0 bridgehead atoms. The van der Waals surface area contributed by atoms with E-state index in [0.29, 0.717) is 0 Å². The molecule has 4 heteroatoms. The predicted molar refractivity (Wildman–Crippen MR) is 81.8 cm³/mol. The van der Waals surface area contributed by atoms with E-state index in [0.717, 1.165) is 23.3 Å². The van der Waals surface area contributed by atoms with Gasteiger partial charge in [-0.25, -0.2) is 0 Å². The van der Waals surface area contributed by atoms with Crippen LogP contribution in [0.1, 0.15) is 51.3 Å². The minimum Gasteiger partial charge on any atom is -0.481 e. The van der Waals surface area contributed by atoms with Crippen molar-refractivity contribution >= 4 is 5.91 Å². The molecule has 0 saturated heterocycles. The topological polar surface area (TPSA) is 64.3 Å². The molecule has 0 heterocycles. The van der Waals surface area contributed by atoms with Crippen molar-refractivity contribution in [3.63, 3.8) is 0 Å². The van der Waals surface area contributed by atoms with E-state index in [1.807, 2.05) is 45.9 Å². The third kappa shape index (κ3) is 4.53. The number of hydrogen-bond donors (Lipinski definition) is 2. The second-order valence-electron chi connectivity index (χ2n) is 5.39. The molecule has 0 aromatic heterocycles. The first-order valence-electron chi connectivity index (χ1n) is 7.18. The van der Waals surface area contributed by atoms with Gasteiger partial charge in [0.1, 0.15) is 5.75 Å². The SMILES string of the molecule is CCC(C)NC(=O)C(C)Oc1ccc(C(C)N)cc1C. The zero-order valence-corrected chi connectivity index (χ0v) is 13.1. The quantitative estimate of drug-likeness (QED) is 0.841. The number of benzene rings is 1. The smallest absolute Gasteiger partial charge is 0.260 e. The summed E-state index contributed by atoms with van der Waals surface area (Å²) in [6.45, 7) is 9.68. The summed E-state index contributed by atoms with van der Waals surface area (Å²) in [6, 6.07) is 5.97. The van der Waals surface area contributed by atoms with E-state index >= 15 is 0 Å². The fourth-order valence-electron chi connectivity index (χ4n) is 1.79. The van der Waals surface area contributed by atoms with Crippen molar-refractivity contribution in [3.05, 3.63) is 29.3 Å². The van der Waals surface area contributed by atoms with Gasteiger partial charge in [-0.15, -0.1) is 0 Å². The van der Waals surface area contributed by atoms with E-state index < -0.39 is 6.10 Å². The molecule has 1 aromatic carbocycles. The number of carbonyl (C=O) groups excluding carboxylic acids is 1. The molecule has 0 aliphatic rings. The van der Waals surface area contributed by atoms with Crippen LogP contribution in [0.5, 0.6) is 5.75 Å². The summed E-state index contributed by atoms with van der Waals surface area (Å²) in [5.41, 5.74) is 7.90. The van der Waals surface area contributed by atoms with Crippen LogP contribution in [0.25, 0.3) is 0 Å². The van der Waals surface area contributed by atoms with Crippen LogP contribution in [0, 0.1) is 6.92 Å². The molecular formula is C16H26N2O2. The molecule has 20 heavy (non-hydrogen) atoms. The lowest BCUT2D eigenvalue weighted by Crippen LogP contribution is -2.41. The molecule has 0 aliphatic heterocycles. The average molecular weight is 278 g/mol. The lowest BCUT2D eigenvalue weighted by Gasteiger charge is -2.19. The van der Waals surface area contributed by atoms with E-state index in [1.54, 1.807) is 6.92 Å². The van der Waals surface area contributed by atoms with Crippen LogP contribution in [0.3, 0.4) is 0 Å². The van der Waals surface area contributed by atoms with Crippen LogP contribution in [0.4, 0.5) is 0 Å². The molecule has 0 aliphatic carbocycles. The summed E-state index contributed by atoms with van der Waals surface area (Å²) in [5.74, 6) is 0.635. The van der Waals surface area contributed by atoms with Crippen LogP contribution in [-0.4, -0.2) is 18.1 Å². The number of nitrogens with two attached hydrogens (primary N) is 1. The van der Waals surface area contributed by atoms with E-state index in [9.17, 15) is 4.79 Å². The zero-order valence-electron chi connectivity index (χ0n) is 13.1. The summed E-state index contributed by atoms with van der Waals surface area (Å²) < 4.78 is 5.73. The Kier molecular flexibility index (Phi) is 6.02. The first-order chi connectivity index (χ1) is 9.35. The van der Waals surface area contributed by atoms with Gasteiger partial charge < -0.3 is 15.8 Å². The fourth-order valence-corrected chi connectivity index (χ4v) is 1.79. The molecule has 1 amide bonds. The lowest BCUT2D eigenvalue weighted by molar-refractivity contribution is -0.127. The molecule has 3 unspecified atom stereocenters. The Morgan fingerprint density at radius 1 is 1.35 bits per heavy atom. The molecule has 3 N–H and O–H groups in total. The molecule has 1 rings (SSSR count). The van der Waals surface area contributed by atoms with Gasteiger partial charge in [-0.1, -0.05) is 19.1 Å². The normalized spacial score (nSPS) is 15.3. The van der Waals surface area contributed by atoms with Crippen molar-refractivity contribution in [2.45, 2.75) is 59.2 Å². The Balaban J connectivity index is 2.71. The maximum absolute atomic E-state index is 11.9. The maximum Gasteiger partial charge on any atom is 0.260 e. The number of rotatable bonds is 6. The minimum absolute atomic E-state index is 0.00567. The molecule has 0 spiro atoms. The van der Waals surface area contributed by atoms with Crippen molar-refractivity contribution in [1.82, 2.24) is 5.32 Å². The van der Waals surface area contributed by atoms with E-state index in [4.69, 9.17) is 10.5 Å². The fraction of sp³-hybridized carbons (Fsp3) is 0.562. The Bertz CT molecular complexity index is 458. The third-order valence-corrected chi connectivity index (χ3v) is 3.40. The van der Waals surface area contributed by atoms with Crippen LogP contribution in [0.15, 0.2) is 18.2 Å². The molecule has 0 fully saturated rings. The molecule has 112 valence electrons. The highest BCUT2D eigenvalue weighted by Crippen LogP contribution is 2.22. The van der Waals surface area contributed by atoms with Gasteiger partial charge in [-0.05, 0) is 51.3 Å². The third-order valence-electron chi connectivity index (χ3n) is 3.40. The number of hydrogen-bond acceptors (Lipinski definition) is 3. The van der Waals surface area contributed by atoms with Gasteiger partial charge in [-0.3, -0.25) is 4.79 Å². The van der Waals surface area contributed by atoms with E-state index in [-0.39, 0.29) is 18.0 Å². The Hall–Kier alpha value is -1.55. The van der Waals surface area contributed by atoms with Crippen LogP contribution in [0.2, 0.25) is 0 Å². The minimum atomic E-state index is -0.510. The van der Waals surface area contributed by atoms with Crippen molar-refractivity contribution in [1.29, 1.82) is 0 Å². The number of amides is 1. The standard InChI is InChI=1S/C16H26N2O2/c1-6-11(3)18-16(19)13(5)20-15-8-7-14(12(4)17)9-10(15)2/h7-9,11-13H,6,17H2,1-5H3,(H,18,19). The summed E-state index contributed by atoms with van der Waals surface area (Å²) in [6.07, 6.45) is 0.393. The number of aryl methyl sites for hydroxylation is 1. The molecule has 4 nitrogen and oxygen atoms in total. The second-order valence-corrected chi connectivity index (χ2v) is 5.39. The molecule has 1 aromatic rings. The molecule has 0 saturated carbocycles. The molecule has 0 radical (unpaired) electrons. The van der Waals surface area contributed by atoms with Crippen molar-refractivity contribution < 1.29 is 9.53 Å². The second kappa shape index (κ2) is 7.29. The Labute approximate surface area is 121 Å². The Morgan fingerprint density at radius 3 is 2.50 bits per heavy atom. The highest BCUT2D eigenvalue weighted by atomic mass is 16.5. The zero-order chi connectivity index (χ0) is 15.3. The van der Waals surface area contributed by atoms with Gasteiger partial charge >= 0.3 is 0 Å². The lowest BCUT2D eigenvalue weighted by atomic mass is 10.1. The first-order valence-corrected chi connectivity index (χ1v) is 7.18. The summed E-state index contributed by atoms with van der Waals surface area (Å²) in [4.78, 5) is 11.9. The monoisotopic (exact) mass is 278 g/mol. The first kappa shape index (κ1) is 16.5. The summed E-state index contributed by atoms with van der Waals surface area (Å²) in [7, 11) is 0. The Morgan fingerprint density at radius 2 is 2.00 bits per heavy atom. The van der Waals surface area contributed by atoms with Gasteiger partial charge in [0.25, 0.3) is 5.91 Å². The van der Waals surface area contributed by atoms with Gasteiger partial charge in [0.05, 0.1) is 0 Å². The van der Waals surface area contributed by atoms with Crippen LogP contribution < -0.4 is 15.8 Å². The van der Waals surface area contributed by atoms with E-state index in [2.05, 4.69) is 5.32 Å². The number of ether oxygens (including phenoxy) is 1. The van der Waals surface area contributed by atoms with Crippen LogP contribution in [-0.2, 0) is 4.79 Å². The van der Waals surface area contributed by atoms with Gasteiger partial charge in [-0.2, -0.15) is 0 Å². The number of nitrogens with one attached hydrogen (secondary N) is 1. The van der Waals surface area contributed by atoms with Gasteiger partial charge in [0, 0.05) is 12.1 Å². The van der Waals surface area contributed by atoms with Gasteiger partial charge in [0.2, 0.25) is 0 Å². The van der Waals surface area contributed by atoms with E-state index in [1.165, 1.54) is 0 Å². The van der Waals surface area contributed by atoms with Gasteiger partial charge in [0.15, 0.2) is 6.10 Å². The summed E-state index contributed by atoms with van der Waals surface area (Å²) in [5, 5.41) is 2.91. The van der Waals surface area contributed by atoms with Crippen LogP contribution >= 0.6 is 0 Å².